The van der Waals surface area contributed by atoms with E-state index in [0.717, 1.165) is 24.0 Å². The Morgan fingerprint density at radius 3 is 2.85 bits per heavy atom. The van der Waals surface area contributed by atoms with Crippen LogP contribution in [-0.4, -0.2) is 49.0 Å². The molecule has 1 unspecified atom stereocenters. The minimum atomic E-state index is -0.208. The normalized spacial score (nSPS) is 17.0. The predicted molar refractivity (Wildman–Crippen MR) is 122 cm³/mol. The molecule has 27 heavy (non-hydrogen) atoms. The summed E-state index contributed by atoms with van der Waals surface area (Å²) in [5.74, 6) is 0.726. The first-order chi connectivity index (χ1) is 12.4. The van der Waals surface area contributed by atoms with Crippen LogP contribution in [-0.2, 0) is 11.2 Å². The summed E-state index contributed by atoms with van der Waals surface area (Å²) < 4.78 is 14.7. The number of nitrogens with zero attached hydrogens (tertiary/aromatic N) is 2. The third kappa shape index (κ3) is 7.56. The number of benzene rings is 1. The van der Waals surface area contributed by atoms with Crippen molar-refractivity contribution in [2.75, 3.05) is 26.2 Å². The highest BCUT2D eigenvalue weighted by Crippen LogP contribution is 2.16. The molecule has 0 aliphatic carbocycles. The lowest BCUT2D eigenvalue weighted by Crippen LogP contribution is -2.45. The van der Waals surface area contributed by atoms with Gasteiger partial charge in [0.25, 0.3) is 0 Å². The summed E-state index contributed by atoms with van der Waals surface area (Å²) in [4.78, 5) is 18.6. The Labute approximate surface area is 186 Å². The topological polar surface area (TPSA) is 56.7 Å². The van der Waals surface area contributed by atoms with E-state index in [2.05, 4.69) is 31.6 Å². The van der Waals surface area contributed by atoms with Crippen molar-refractivity contribution >= 4 is 51.8 Å². The molecule has 152 valence electrons. The summed E-state index contributed by atoms with van der Waals surface area (Å²) in [6, 6.07) is 5.14. The summed E-state index contributed by atoms with van der Waals surface area (Å²) in [5.41, 5.74) is 0.647. The maximum atomic E-state index is 13.8. The Hall–Kier alpha value is -0.900. The highest BCUT2D eigenvalue weighted by Gasteiger charge is 2.27. The summed E-state index contributed by atoms with van der Waals surface area (Å²) in [6.45, 7) is 8.57. The molecule has 2 rings (SSSR count). The number of halogens is 3. The molecule has 0 radical (unpaired) electrons. The van der Waals surface area contributed by atoms with Gasteiger partial charge in [-0.25, -0.2) is 4.39 Å². The number of guanidine groups is 1. The maximum absolute atomic E-state index is 13.8. The molecule has 1 aliphatic heterocycles. The molecule has 1 aromatic rings. The van der Waals surface area contributed by atoms with Gasteiger partial charge in [0.15, 0.2) is 5.96 Å². The van der Waals surface area contributed by atoms with Crippen LogP contribution in [0, 0.1) is 11.7 Å². The predicted octanol–water partition coefficient (Wildman–Crippen LogP) is 3.56. The first-order valence-electron chi connectivity index (χ1n) is 9.18. The number of hydrogen-bond donors (Lipinski definition) is 2. The van der Waals surface area contributed by atoms with Crippen LogP contribution in [0.4, 0.5) is 4.39 Å². The summed E-state index contributed by atoms with van der Waals surface area (Å²) in [7, 11) is 0. The number of likely N-dealkylation sites (tertiary alicyclic amines) is 1. The molecule has 0 spiro atoms. The van der Waals surface area contributed by atoms with Crippen LogP contribution < -0.4 is 10.6 Å². The van der Waals surface area contributed by atoms with Crippen LogP contribution in [0.2, 0.25) is 0 Å². The monoisotopic (exact) mass is 554 g/mol. The van der Waals surface area contributed by atoms with Crippen LogP contribution in [0.3, 0.4) is 0 Å². The first kappa shape index (κ1) is 24.1. The van der Waals surface area contributed by atoms with E-state index in [-0.39, 0.29) is 47.7 Å². The van der Waals surface area contributed by atoms with E-state index < -0.39 is 0 Å². The Balaban J connectivity index is 0.00000364. The van der Waals surface area contributed by atoms with E-state index in [1.54, 1.807) is 12.1 Å². The average Bonchev–Trinajstić information content (AvgIpc) is 3.05. The Morgan fingerprint density at radius 2 is 2.19 bits per heavy atom. The molecule has 1 amide bonds. The number of carbonyl (C=O) groups is 1. The van der Waals surface area contributed by atoms with Gasteiger partial charge in [0.1, 0.15) is 5.82 Å². The molecule has 0 aromatic heterocycles. The van der Waals surface area contributed by atoms with Gasteiger partial charge >= 0.3 is 0 Å². The average molecular weight is 555 g/mol. The molecule has 1 atom stereocenters. The summed E-state index contributed by atoms with van der Waals surface area (Å²) >= 11 is 3.37. The van der Waals surface area contributed by atoms with E-state index in [9.17, 15) is 9.18 Å². The lowest BCUT2D eigenvalue weighted by atomic mass is 10.1. The number of amides is 1. The van der Waals surface area contributed by atoms with Gasteiger partial charge < -0.3 is 15.5 Å². The molecular formula is C19H29BrFIN4O. The summed E-state index contributed by atoms with van der Waals surface area (Å²) in [5, 5.41) is 6.62. The van der Waals surface area contributed by atoms with Crippen molar-refractivity contribution < 1.29 is 9.18 Å². The fourth-order valence-electron chi connectivity index (χ4n) is 2.98. The van der Waals surface area contributed by atoms with Crippen molar-refractivity contribution in [3.8, 4) is 0 Å². The largest absolute Gasteiger partial charge is 0.357 e. The minimum absolute atomic E-state index is 0. The fraction of sp³-hybridized carbons (Fsp3) is 0.579. The number of nitrogens with one attached hydrogen (secondary N) is 2. The van der Waals surface area contributed by atoms with Crippen LogP contribution >= 0.6 is 39.9 Å². The van der Waals surface area contributed by atoms with Crippen LogP contribution in [0.1, 0.15) is 32.8 Å². The summed E-state index contributed by atoms with van der Waals surface area (Å²) in [6.07, 6.45) is 1.44. The number of aliphatic imine (C=N–C) groups is 1. The molecule has 1 aromatic carbocycles. The second-order valence-corrected chi connectivity index (χ2v) is 7.73. The first-order valence-corrected chi connectivity index (χ1v) is 9.97. The fourth-order valence-corrected chi connectivity index (χ4v) is 3.39. The zero-order valence-electron chi connectivity index (χ0n) is 16.1. The third-order valence-corrected chi connectivity index (χ3v) is 4.83. The van der Waals surface area contributed by atoms with Gasteiger partial charge in [-0.15, -0.1) is 24.0 Å². The molecular weight excluding hydrogens is 526 g/mol. The second kappa shape index (κ2) is 11.8. The van der Waals surface area contributed by atoms with Crippen molar-refractivity contribution in [2.24, 2.45) is 10.9 Å². The SMILES string of the molecule is CCNC(=NCCc1cc(Br)ccc1F)NC1CCN(C(=O)C(C)C)C1.I. The molecule has 1 heterocycles. The quantitative estimate of drug-likeness (QED) is 0.321. The number of carbonyl (C=O) groups excluding carboxylic acids is 1. The van der Waals surface area contributed by atoms with Crippen molar-refractivity contribution in [1.29, 1.82) is 0 Å². The van der Waals surface area contributed by atoms with Crippen LogP contribution in [0.25, 0.3) is 0 Å². The van der Waals surface area contributed by atoms with E-state index in [0.29, 0.717) is 31.0 Å². The zero-order chi connectivity index (χ0) is 19.1. The lowest BCUT2D eigenvalue weighted by molar-refractivity contribution is -0.133. The molecule has 2 N–H and O–H groups in total. The Bertz CT molecular complexity index is 657. The number of hydrogen-bond acceptors (Lipinski definition) is 2. The second-order valence-electron chi connectivity index (χ2n) is 6.82. The smallest absolute Gasteiger partial charge is 0.225 e. The van der Waals surface area contributed by atoms with Gasteiger partial charge in [-0.2, -0.15) is 0 Å². The minimum Gasteiger partial charge on any atom is -0.357 e. The third-order valence-electron chi connectivity index (χ3n) is 4.34. The van der Waals surface area contributed by atoms with Gasteiger partial charge in [0.05, 0.1) is 0 Å². The zero-order valence-corrected chi connectivity index (χ0v) is 20.0. The van der Waals surface area contributed by atoms with E-state index in [4.69, 9.17) is 0 Å². The van der Waals surface area contributed by atoms with E-state index in [1.807, 2.05) is 25.7 Å². The Kier molecular flexibility index (Phi) is 10.6. The highest BCUT2D eigenvalue weighted by atomic mass is 127. The molecule has 1 fully saturated rings. The Morgan fingerprint density at radius 1 is 1.44 bits per heavy atom. The molecule has 1 aliphatic rings. The van der Waals surface area contributed by atoms with Crippen molar-refractivity contribution in [2.45, 2.75) is 39.7 Å². The van der Waals surface area contributed by atoms with Gasteiger partial charge in [-0.3, -0.25) is 9.79 Å². The van der Waals surface area contributed by atoms with Crippen molar-refractivity contribution in [3.05, 3.63) is 34.1 Å². The van der Waals surface area contributed by atoms with E-state index in [1.165, 1.54) is 6.07 Å². The van der Waals surface area contributed by atoms with Crippen molar-refractivity contribution in [3.63, 3.8) is 0 Å². The van der Waals surface area contributed by atoms with Gasteiger partial charge in [0, 0.05) is 42.6 Å². The highest BCUT2D eigenvalue weighted by molar-refractivity contribution is 14.0. The number of rotatable bonds is 6. The molecule has 0 bridgehead atoms. The molecule has 0 saturated carbocycles. The van der Waals surface area contributed by atoms with E-state index >= 15 is 0 Å². The van der Waals surface area contributed by atoms with Gasteiger partial charge in [-0.05, 0) is 43.5 Å². The standard InChI is InChI=1S/C19H28BrFN4O.HI/c1-4-22-19(23-9-7-14-11-15(20)5-6-17(14)21)24-16-8-10-25(12-16)18(26)13(2)3;/h5-6,11,13,16H,4,7-10,12H2,1-3H3,(H2,22,23,24);1H. The molecule has 1 saturated heterocycles. The van der Waals surface area contributed by atoms with Crippen molar-refractivity contribution in [1.82, 2.24) is 15.5 Å². The van der Waals surface area contributed by atoms with Gasteiger partial charge in [0.2, 0.25) is 5.91 Å². The van der Waals surface area contributed by atoms with Gasteiger partial charge in [-0.1, -0.05) is 29.8 Å². The maximum Gasteiger partial charge on any atom is 0.225 e. The molecule has 5 nitrogen and oxygen atoms in total. The van der Waals surface area contributed by atoms with Crippen LogP contribution in [0.15, 0.2) is 27.7 Å². The van der Waals surface area contributed by atoms with Crippen LogP contribution in [0.5, 0.6) is 0 Å². The molecule has 8 heteroatoms. The lowest BCUT2D eigenvalue weighted by Gasteiger charge is -2.20.